The largest absolute Gasteiger partial charge is 0.310 e. The van der Waals surface area contributed by atoms with E-state index in [1.54, 1.807) is 0 Å². The first kappa shape index (κ1) is 32.8. The molecule has 2 aliphatic carbocycles. The van der Waals surface area contributed by atoms with Crippen LogP contribution in [0.4, 0.5) is 17.1 Å². The number of para-hydroxylation sites is 2. The molecule has 0 aliphatic heterocycles. The first-order valence-electron chi connectivity index (χ1n) is 20.2. The lowest BCUT2D eigenvalue weighted by atomic mass is 9.73. The van der Waals surface area contributed by atoms with Crippen LogP contribution in [-0.2, 0) is 5.41 Å². The highest BCUT2D eigenvalue weighted by Crippen LogP contribution is 2.60. The van der Waals surface area contributed by atoms with Gasteiger partial charge in [-0.3, -0.25) is 0 Å². The molecule has 272 valence electrons. The van der Waals surface area contributed by atoms with E-state index in [9.17, 15) is 0 Å². The fraction of sp³-hybridized carbons (Fsp3) is 0.0357. The Hall–Kier alpha value is -7.42. The first-order chi connectivity index (χ1) is 28.7. The Morgan fingerprint density at radius 2 is 1.16 bits per heavy atom. The van der Waals surface area contributed by atoms with Gasteiger partial charge in [0.15, 0.2) is 0 Å². The van der Waals surface area contributed by atoms with Crippen molar-refractivity contribution < 1.29 is 0 Å². The summed E-state index contributed by atoms with van der Waals surface area (Å²) in [6, 6.07) is 73.9. The summed E-state index contributed by atoms with van der Waals surface area (Å²) in [5, 5.41) is 4.96. The molecule has 0 radical (unpaired) electrons. The van der Waals surface area contributed by atoms with Gasteiger partial charge in [0.2, 0.25) is 0 Å². The van der Waals surface area contributed by atoms with E-state index in [1.165, 1.54) is 82.6 Å². The minimum atomic E-state index is -0.394. The van der Waals surface area contributed by atoms with Crippen LogP contribution in [0.5, 0.6) is 0 Å². The fourth-order valence-corrected chi connectivity index (χ4v) is 10.1. The molecule has 0 bridgehead atoms. The standard InChI is InChI=1S/C56H38N2/c1-37-27-29-48-50(33-37)56(32-31-39-17-8-12-25-49(39)56)51-36-54(45-23-9-10-24-47(45)55(48)51)57(41-19-6-3-7-20-41)43-28-30-46-44-22-11-13-26-52(44)58(53(46)35-43)42-21-14-18-40(34-42)38-15-4-2-5-16-38/h2-36H,1H3. The minimum Gasteiger partial charge on any atom is -0.310 e. The van der Waals surface area contributed by atoms with E-state index in [4.69, 9.17) is 0 Å². The normalized spacial score (nSPS) is 15.0. The Morgan fingerprint density at radius 3 is 2.02 bits per heavy atom. The molecule has 12 rings (SSSR count). The molecule has 0 amide bonds. The predicted octanol–water partition coefficient (Wildman–Crippen LogP) is 14.7. The van der Waals surface area contributed by atoms with Gasteiger partial charge in [-0.1, -0.05) is 169 Å². The van der Waals surface area contributed by atoms with Crippen LogP contribution in [0.3, 0.4) is 0 Å². The van der Waals surface area contributed by atoms with Crippen LogP contribution in [0.1, 0.15) is 27.8 Å². The Kier molecular flexibility index (Phi) is 7.09. The van der Waals surface area contributed by atoms with Crippen LogP contribution in [0, 0.1) is 6.92 Å². The van der Waals surface area contributed by atoms with Crippen molar-refractivity contribution in [1.29, 1.82) is 0 Å². The summed E-state index contributed by atoms with van der Waals surface area (Å²) in [5.74, 6) is 0. The molecule has 1 aromatic heterocycles. The average Bonchev–Trinajstić information content (AvgIpc) is 3.93. The molecule has 58 heavy (non-hydrogen) atoms. The van der Waals surface area contributed by atoms with Gasteiger partial charge < -0.3 is 9.47 Å². The van der Waals surface area contributed by atoms with Gasteiger partial charge in [-0.05, 0) is 105 Å². The third-order valence-electron chi connectivity index (χ3n) is 12.6. The van der Waals surface area contributed by atoms with Crippen molar-refractivity contribution in [2.24, 2.45) is 0 Å². The van der Waals surface area contributed by atoms with Crippen molar-refractivity contribution in [3.63, 3.8) is 0 Å². The van der Waals surface area contributed by atoms with Crippen LogP contribution in [0.2, 0.25) is 0 Å². The lowest BCUT2D eigenvalue weighted by Crippen LogP contribution is -2.23. The summed E-state index contributed by atoms with van der Waals surface area (Å²) >= 11 is 0. The van der Waals surface area contributed by atoms with Gasteiger partial charge in [-0.15, -0.1) is 0 Å². The van der Waals surface area contributed by atoms with E-state index >= 15 is 0 Å². The van der Waals surface area contributed by atoms with Gasteiger partial charge >= 0.3 is 0 Å². The number of fused-ring (bicyclic) bond motifs is 12. The number of hydrogen-bond acceptors (Lipinski definition) is 1. The monoisotopic (exact) mass is 738 g/mol. The maximum atomic E-state index is 2.51. The molecule has 0 fully saturated rings. The minimum absolute atomic E-state index is 0.394. The zero-order valence-electron chi connectivity index (χ0n) is 32.1. The number of allylic oxidation sites excluding steroid dienone is 1. The number of aromatic nitrogens is 1. The van der Waals surface area contributed by atoms with Gasteiger partial charge in [0, 0.05) is 33.2 Å². The van der Waals surface area contributed by atoms with Gasteiger partial charge in [0.25, 0.3) is 0 Å². The van der Waals surface area contributed by atoms with Gasteiger partial charge in [-0.25, -0.2) is 0 Å². The zero-order valence-corrected chi connectivity index (χ0v) is 32.1. The van der Waals surface area contributed by atoms with Crippen LogP contribution >= 0.6 is 0 Å². The van der Waals surface area contributed by atoms with Gasteiger partial charge in [-0.2, -0.15) is 0 Å². The van der Waals surface area contributed by atoms with Crippen LogP contribution < -0.4 is 4.90 Å². The summed E-state index contributed by atoms with van der Waals surface area (Å²) in [4.78, 5) is 2.48. The third kappa shape index (κ3) is 4.66. The SMILES string of the molecule is Cc1ccc2c(c1)C1(C=Cc3ccccc31)c1cc(N(c3ccccc3)c3ccc4c5ccccc5n(-c5cccc(-c6ccccc6)c5)c4c3)c3ccccc3c1-2. The van der Waals surface area contributed by atoms with Crippen molar-refractivity contribution in [2.75, 3.05) is 4.90 Å². The molecule has 2 aliphatic rings. The van der Waals surface area contributed by atoms with Gasteiger partial charge in [0.1, 0.15) is 0 Å². The number of anilines is 3. The first-order valence-corrected chi connectivity index (χ1v) is 20.2. The molecular formula is C56H38N2. The molecule has 1 unspecified atom stereocenters. The average molecular weight is 739 g/mol. The Bertz CT molecular complexity index is 3300. The van der Waals surface area contributed by atoms with Crippen LogP contribution in [0.25, 0.3) is 66.6 Å². The van der Waals surface area contributed by atoms with Crippen molar-refractivity contribution in [3.05, 3.63) is 234 Å². The maximum absolute atomic E-state index is 2.51. The number of nitrogens with zero attached hydrogens (tertiary/aromatic N) is 2. The Morgan fingerprint density at radius 1 is 0.448 bits per heavy atom. The van der Waals surface area contributed by atoms with Crippen molar-refractivity contribution >= 4 is 55.7 Å². The molecule has 0 N–H and O–H groups in total. The molecular weight excluding hydrogens is 701 g/mol. The lowest BCUT2D eigenvalue weighted by Gasteiger charge is -2.31. The molecule has 1 spiro atoms. The van der Waals surface area contributed by atoms with Crippen LogP contribution in [-0.4, -0.2) is 4.57 Å². The zero-order chi connectivity index (χ0) is 38.4. The molecule has 2 heteroatoms. The molecule has 2 nitrogen and oxygen atoms in total. The smallest absolute Gasteiger partial charge is 0.0654 e. The topological polar surface area (TPSA) is 8.17 Å². The van der Waals surface area contributed by atoms with E-state index in [2.05, 4.69) is 229 Å². The Balaban J connectivity index is 1.14. The second-order valence-electron chi connectivity index (χ2n) is 15.8. The summed E-state index contributed by atoms with van der Waals surface area (Å²) in [7, 11) is 0. The maximum Gasteiger partial charge on any atom is 0.0654 e. The second kappa shape index (κ2) is 12.5. The van der Waals surface area contributed by atoms with Crippen molar-refractivity contribution in [2.45, 2.75) is 12.3 Å². The Labute approximate surface area is 338 Å². The number of aryl methyl sites for hydroxylation is 1. The van der Waals surface area contributed by atoms with E-state index in [0.29, 0.717) is 0 Å². The second-order valence-corrected chi connectivity index (χ2v) is 15.8. The summed E-state index contributed by atoms with van der Waals surface area (Å²) in [6.07, 6.45) is 4.79. The molecule has 0 saturated carbocycles. The molecule has 0 saturated heterocycles. The number of rotatable bonds is 5. The molecule has 10 aromatic rings. The van der Waals surface area contributed by atoms with Crippen LogP contribution in [0.15, 0.2) is 206 Å². The summed E-state index contributed by atoms with van der Waals surface area (Å²) in [5.41, 5.74) is 18.1. The molecule has 1 atom stereocenters. The predicted molar refractivity (Wildman–Crippen MR) is 244 cm³/mol. The lowest BCUT2D eigenvalue weighted by molar-refractivity contribution is 0.821. The summed E-state index contributed by atoms with van der Waals surface area (Å²) < 4.78 is 2.44. The molecule has 1 heterocycles. The van der Waals surface area contributed by atoms with E-state index < -0.39 is 5.41 Å². The quantitative estimate of drug-likeness (QED) is 0.171. The highest BCUT2D eigenvalue weighted by atomic mass is 15.1. The highest BCUT2D eigenvalue weighted by Gasteiger charge is 2.47. The van der Waals surface area contributed by atoms with Gasteiger partial charge in [0.05, 0.1) is 22.1 Å². The molecule has 9 aromatic carbocycles. The summed E-state index contributed by atoms with van der Waals surface area (Å²) in [6.45, 7) is 2.22. The number of hydrogen-bond donors (Lipinski definition) is 0. The number of benzene rings is 9. The van der Waals surface area contributed by atoms with E-state index in [-0.39, 0.29) is 0 Å². The van der Waals surface area contributed by atoms with Crippen molar-refractivity contribution in [1.82, 2.24) is 4.57 Å². The third-order valence-corrected chi connectivity index (χ3v) is 12.6. The van der Waals surface area contributed by atoms with E-state index in [0.717, 1.165) is 22.7 Å². The fourth-order valence-electron chi connectivity index (χ4n) is 10.1. The van der Waals surface area contributed by atoms with E-state index in [1.807, 2.05) is 0 Å². The van der Waals surface area contributed by atoms with Crippen molar-refractivity contribution in [3.8, 4) is 27.9 Å². The highest BCUT2D eigenvalue weighted by molar-refractivity contribution is 6.13.